The van der Waals surface area contributed by atoms with Crippen molar-refractivity contribution in [3.05, 3.63) is 35.1 Å². The summed E-state index contributed by atoms with van der Waals surface area (Å²) in [4.78, 5) is 12.0. The molecule has 0 radical (unpaired) electrons. The Balaban J connectivity index is 2.06. The lowest BCUT2D eigenvalue weighted by Gasteiger charge is -2.23. The molecule has 3 nitrogen and oxygen atoms in total. The zero-order valence-electron chi connectivity index (χ0n) is 11.3. The van der Waals surface area contributed by atoms with E-state index in [1.807, 2.05) is 0 Å². The van der Waals surface area contributed by atoms with Gasteiger partial charge in [-0.05, 0) is 37.5 Å². The molecule has 1 aliphatic rings. The Kier molecular flexibility index (Phi) is 4.53. The topological polar surface area (TPSA) is 55.1 Å². The second-order valence-electron chi connectivity index (χ2n) is 5.34. The van der Waals surface area contributed by atoms with Crippen LogP contribution in [0.1, 0.15) is 61.0 Å². The zero-order chi connectivity index (χ0) is 13.8. The molecule has 0 bridgehead atoms. The number of halogens is 1. The molecule has 0 aliphatic heterocycles. The molecule has 1 unspecified atom stereocenters. The average Bonchev–Trinajstić information content (AvgIpc) is 2.39. The van der Waals surface area contributed by atoms with Crippen LogP contribution in [0.5, 0.6) is 0 Å². The maximum atomic E-state index is 13.9. The minimum Gasteiger partial charge on any atom is -0.349 e. The van der Waals surface area contributed by atoms with Crippen molar-refractivity contribution in [2.75, 3.05) is 0 Å². The van der Waals surface area contributed by atoms with E-state index in [9.17, 15) is 9.18 Å². The Morgan fingerprint density at radius 2 is 2.05 bits per heavy atom. The van der Waals surface area contributed by atoms with E-state index in [1.54, 1.807) is 13.0 Å². The van der Waals surface area contributed by atoms with Crippen molar-refractivity contribution in [2.45, 2.75) is 51.1 Å². The molecule has 19 heavy (non-hydrogen) atoms. The molecule has 3 N–H and O–H groups in total. The predicted molar refractivity (Wildman–Crippen MR) is 73.3 cm³/mol. The molecule has 1 aromatic rings. The number of benzene rings is 1. The van der Waals surface area contributed by atoms with Gasteiger partial charge in [-0.15, -0.1) is 0 Å². The maximum Gasteiger partial charge on any atom is 0.254 e. The number of rotatable bonds is 3. The van der Waals surface area contributed by atoms with Crippen molar-refractivity contribution in [3.63, 3.8) is 0 Å². The standard InChI is InChI=1S/C15H21FN2O/c1-10(17)11-7-8-13(14(16)9-11)15(19)18-12-5-3-2-4-6-12/h7-10,12H,2-6,17H2,1H3,(H,18,19). The molecule has 104 valence electrons. The normalized spacial score (nSPS) is 18.1. The molecule has 2 rings (SSSR count). The largest absolute Gasteiger partial charge is 0.349 e. The van der Waals surface area contributed by atoms with Crippen LogP contribution in [-0.2, 0) is 0 Å². The average molecular weight is 264 g/mol. The fourth-order valence-corrected chi connectivity index (χ4v) is 2.51. The Hall–Kier alpha value is -1.42. The van der Waals surface area contributed by atoms with E-state index in [4.69, 9.17) is 5.73 Å². The molecule has 4 heteroatoms. The summed E-state index contributed by atoms with van der Waals surface area (Å²) in [6, 6.07) is 4.54. The van der Waals surface area contributed by atoms with Gasteiger partial charge in [0.05, 0.1) is 5.56 Å². The van der Waals surface area contributed by atoms with Crippen molar-refractivity contribution in [1.82, 2.24) is 5.32 Å². The summed E-state index contributed by atoms with van der Waals surface area (Å²) in [7, 11) is 0. The van der Waals surface area contributed by atoms with E-state index < -0.39 is 5.82 Å². The van der Waals surface area contributed by atoms with Crippen molar-refractivity contribution in [2.24, 2.45) is 5.73 Å². The maximum absolute atomic E-state index is 13.9. The van der Waals surface area contributed by atoms with E-state index in [0.717, 1.165) is 25.7 Å². The van der Waals surface area contributed by atoms with Crippen molar-refractivity contribution >= 4 is 5.91 Å². The highest BCUT2D eigenvalue weighted by Gasteiger charge is 2.19. The van der Waals surface area contributed by atoms with E-state index in [2.05, 4.69) is 5.32 Å². The molecule has 0 spiro atoms. The number of hydrogen-bond acceptors (Lipinski definition) is 2. The van der Waals surface area contributed by atoms with Gasteiger partial charge in [0.2, 0.25) is 0 Å². The first kappa shape index (κ1) is 14.0. The number of nitrogens with two attached hydrogens (primary N) is 1. The van der Waals surface area contributed by atoms with Crippen molar-refractivity contribution in [1.29, 1.82) is 0 Å². The Labute approximate surface area is 113 Å². The molecule has 1 atom stereocenters. The first-order valence-corrected chi connectivity index (χ1v) is 6.94. The summed E-state index contributed by atoms with van der Waals surface area (Å²) in [5.41, 5.74) is 6.50. The van der Waals surface area contributed by atoms with Crippen LogP contribution in [0.2, 0.25) is 0 Å². The van der Waals surface area contributed by atoms with Crippen LogP contribution in [0.3, 0.4) is 0 Å². The van der Waals surface area contributed by atoms with Gasteiger partial charge in [-0.25, -0.2) is 4.39 Å². The third-order valence-electron chi connectivity index (χ3n) is 3.70. The highest BCUT2D eigenvalue weighted by atomic mass is 19.1. The molecule has 1 amide bonds. The van der Waals surface area contributed by atoms with Crippen LogP contribution in [-0.4, -0.2) is 11.9 Å². The Bertz CT molecular complexity index is 453. The van der Waals surface area contributed by atoms with E-state index in [1.165, 1.54) is 18.6 Å². The van der Waals surface area contributed by atoms with Gasteiger partial charge in [-0.3, -0.25) is 4.79 Å². The smallest absolute Gasteiger partial charge is 0.254 e. The number of carbonyl (C=O) groups excluding carboxylic acids is 1. The minimum absolute atomic E-state index is 0.106. The lowest BCUT2D eigenvalue weighted by atomic mass is 9.95. The first-order chi connectivity index (χ1) is 9.08. The van der Waals surface area contributed by atoms with Gasteiger partial charge >= 0.3 is 0 Å². The third-order valence-corrected chi connectivity index (χ3v) is 3.70. The summed E-state index contributed by atoms with van der Waals surface area (Å²) < 4.78 is 13.9. The van der Waals surface area contributed by atoms with E-state index in [-0.39, 0.29) is 23.6 Å². The van der Waals surface area contributed by atoms with Gasteiger partial charge in [0.25, 0.3) is 5.91 Å². The zero-order valence-corrected chi connectivity index (χ0v) is 11.3. The Morgan fingerprint density at radius 1 is 1.37 bits per heavy atom. The SMILES string of the molecule is CC(N)c1ccc(C(=O)NC2CCCCC2)c(F)c1. The van der Waals surface area contributed by atoms with E-state index in [0.29, 0.717) is 5.56 Å². The number of carbonyl (C=O) groups is 1. The number of nitrogens with one attached hydrogen (secondary N) is 1. The molecule has 0 heterocycles. The highest BCUT2D eigenvalue weighted by Crippen LogP contribution is 2.19. The van der Waals surface area contributed by atoms with Crippen LogP contribution in [0.4, 0.5) is 4.39 Å². The van der Waals surface area contributed by atoms with Crippen LogP contribution in [0.15, 0.2) is 18.2 Å². The lowest BCUT2D eigenvalue weighted by molar-refractivity contribution is 0.0923. The predicted octanol–water partition coefficient (Wildman–Crippen LogP) is 2.91. The number of hydrogen-bond donors (Lipinski definition) is 2. The van der Waals surface area contributed by atoms with Crippen LogP contribution < -0.4 is 11.1 Å². The molecular weight excluding hydrogens is 243 g/mol. The van der Waals surface area contributed by atoms with Gasteiger partial charge in [-0.2, -0.15) is 0 Å². The summed E-state index contributed by atoms with van der Waals surface area (Å²) in [6.07, 6.45) is 5.48. The van der Waals surface area contributed by atoms with Gasteiger partial charge in [0, 0.05) is 12.1 Å². The molecule has 1 saturated carbocycles. The Morgan fingerprint density at radius 3 is 2.63 bits per heavy atom. The fourth-order valence-electron chi connectivity index (χ4n) is 2.51. The molecule has 1 fully saturated rings. The lowest BCUT2D eigenvalue weighted by Crippen LogP contribution is -2.36. The van der Waals surface area contributed by atoms with Crippen LogP contribution >= 0.6 is 0 Å². The van der Waals surface area contributed by atoms with Crippen molar-refractivity contribution < 1.29 is 9.18 Å². The molecular formula is C15H21FN2O. The van der Waals surface area contributed by atoms with Crippen LogP contribution in [0.25, 0.3) is 0 Å². The first-order valence-electron chi connectivity index (χ1n) is 6.94. The molecule has 1 aromatic carbocycles. The second kappa shape index (κ2) is 6.15. The fraction of sp³-hybridized carbons (Fsp3) is 0.533. The number of amides is 1. The second-order valence-corrected chi connectivity index (χ2v) is 5.34. The third kappa shape index (κ3) is 3.53. The van der Waals surface area contributed by atoms with Gasteiger partial charge in [0.1, 0.15) is 5.82 Å². The summed E-state index contributed by atoms with van der Waals surface area (Å²) in [5.74, 6) is -0.816. The summed E-state index contributed by atoms with van der Waals surface area (Å²) in [6.45, 7) is 1.79. The molecule has 1 aliphatic carbocycles. The van der Waals surface area contributed by atoms with Gasteiger partial charge < -0.3 is 11.1 Å². The van der Waals surface area contributed by atoms with Gasteiger partial charge in [0.15, 0.2) is 0 Å². The van der Waals surface area contributed by atoms with Crippen LogP contribution in [0, 0.1) is 5.82 Å². The van der Waals surface area contributed by atoms with Gasteiger partial charge in [-0.1, -0.05) is 25.3 Å². The summed E-state index contributed by atoms with van der Waals surface area (Å²) in [5, 5.41) is 2.91. The monoisotopic (exact) mass is 264 g/mol. The minimum atomic E-state index is -0.497. The van der Waals surface area contributed by atoms with E-state index >= 15 is 0 Å². The molecule has 0 aromatic heterocycles. The summed E-state index contributed by atoms with van der Waals surface area (Å²) >= 11 is 0. The van der Waals surface area contributed by atoms with Crippen molar-refractivity contribution in [3.8, 4) is 0 Å². The molecule has 0 saturated heterocycles. The highest BCUT2D eigenvalue weighted by molar-refractivity contribution is 5.94. The quantitative estimate of drug-likeness (QED) is 0.882.